The number of carbonyl (C=O) groups is 1. The molecule has 1 aliphatic rings. The third-order valence-corrected chi connectivity index (χ3v) is 4.78. The monoisotopic (exact) mass is 381 g/mol. The number of aryl methyl sites for hydroxylation is 2. The van der Waals surface area contributed by atoms with Crippen LogP contribution in [0.4, 0.5) is 0 Å². The molecule has 1 aromatic carbocycles. The minimum atomic E-state index is -0.0130. The molecule has 3 heterocycles. The van der Waals surface area contributed by atoms with Crippen molar-refractivity contribution in [2.45, 2.75) is 33.2 Å². The van der Waals surface area contributed by atoms with Gasteiger partial charge in [0.05, 0.1) is 20.1 Å². The van der Waals surface area contributed by atoms with E-state index in [1.54, 1.807) is 11.6 Å². The highest BCUT2D eigenvalue weighted by Crippen LogP contribution is 2.33. The van der Waals surface area contributed by atoms with Crippen molar-refractivity contribution in [3.63, 3.8) is 0 Å². The van der Waals surface area contributed by atoms with Crippen LogP contribution < -0.4 is 9.47 Å². The Morgan fingerprint density at radius 2 is 2.14 bits per heavy atom. The highest BCUT2D eigenvalue weighted by atomic mass is 16.5. The maximum Gasteiger partial charge on any atom is 0.252 e. The fraction of sp³-hybridized carbons (Fsp3) is 0.400. The number of hydrogen-bond donors (Lipinski definition) is 0. The molecule has 0 fully saturated rings. The number of aromatic nitrogens is 4. The van der Waals surface area contributed by atoms with Gasteiger partial charge in [-0.3, -0.25) is 4.79 Å². The molecule has 0 spiro atoms. The van der Waals surface area contributed by atoms with E-state index in [-0.39, 0.29) is 12.3 Å². The first kappa shape index (κ1) is 18.2. The molecule has 3 aromatic rings. The summed E-state index contributed by atoms with van der Waals surface area (Å²) < 4.78 is 12.9. The van der Waals surface area contributed by atoms with Crippen molar-refractivity contribution in [2.24, 2.45) is 0 Å². The largest absolute Gasteiger partial charge is 0.493 e. The van der Waals surface area contributed by atoms with Crippen molar-refractivity contribution in [1.82, 2.24) is 24.5 Å². The fourth-order valence-corrected chi connectivity index (χ4v) is 3.47. The summed E-state index contributed by atoms with van der Waals surface area (Å²) >= 11 is 0. The van der Waals surface area contributed by atoms with Gasteiger partial charge in [0.15, 0.2) is 17.3 Å². The molecule has 2 aromatic heterocycles. The Hall–Kier alpha value is -3.16. The van der Waals surface area contributed by atoms with Crippen molar-refractivity contribution in [2.75, 3.05) is 20.3 Å². The Morgan fingerprint density at radius 1 is 1.29 bits per heavy atom. The summed E-state index contributed by atoms with van der Waals surface area (Å²) in [5.41, 5.74) is 2.76. The first-order valence-corrected chi connectivity index (χ1v) is 9.31. The van der Waals surface area contributed by atoms with E-state index in [4.69, 9.17) is 9.47 Å². The zero-order valence-corrected chi connectivity index (χ0v) is 16.3. The average molecular weight is 381 g/mol. The third-order valence-electron chi connectivity index (χ3n) is 4.78. The van der Waals surface area contributed by atoms with Crippen LogP contribution in [-0.4, -0.2) is 50.7 Å². The van der Waals surface area contributed by atoms with Crippen LogP contribution in [0.3, 0.4) is 0 Å². The van der Waals surface area contributed by atoms with E-state index in [2.05, 4.69) is 15.1 Å². The molecule has 0 bridgehead atoms. The molecule has 0 saturated heterocycles. The maximum atomic E-state index is 13.0. The van der Waals surface area contributed by atoms with Crippen LogP contribution in [0.1, 0.15) is 29.2 Å². The molecule has 0 saturated carbocycles. The topological polar surface area (TPSA) is 81.9 Å². The number of nitrogens with zero attached hydrogens (tertiary/aromatic N) is 5. The van der Waals surface area contributed by atoms with Crippen molar-refractivity contribution >= 4 is 11.7 Å². The minimum Gasteiger partial charge on any atom is -0.493 e. The molecular weight excluding hydrogens is 358 g/mol. The van der Waals surface area contributed by atoms with E-state index < -0.39 is 0 Å². The number of carbonyl (C=O) groups excluding carboxylic acids is 1. The molecule has 28 heavy (non-hydrogen) atoms. The molecule has 0 unspecified atom stereocenters. The van der Waals surface area contributed by atoms with Gasteiger partial charge in [0.1, 0.15) is 0 Å². The molecule has 8 nitrogen and oxygen atoms in total. The predicted molar refractivity (Wildman–Crippen MR) is 102 cm³/mol. The summed E-state index contributed by atoms with van der Waals surface area (Å²) in [6, 6.07) is 7.68. The number of amides is 1. The molecule has 1 amide bonds. The average Bonchev–Trinajstić information content (AvgIpc) is 3.04. The Balaban J connectivity index is 1.56. The van der Waals surface area contributed by atoms with Gasteiger partial charge in [0.2, 0.25) is 5.91 Å². The maximum absolute atomic E-state index is 13.0. The van der Waals surface area contributed by atoms with Gasteiger partial charge in [-0.15, -0.1) is 5.10 Å². The van der Waals surface area contributed by atoms with Crippen LogP contribution in [0.2, 0.25) is 0 Å². The van der Waals surface area contributed by atoms with Gasteiger partial charge >= 0.3 is 0 Å². The lowest BCUT2D eigenvalue weighted by Gasteiger charge is -2.27. The highest BCUT2D eigenvalue weighted by molar-refractivity contribution is 5.78. The lowest BCUT2D eigenvalue weighted by molar-refractivity contribution is -0.131. The van der Waals surface area contributed by atoms with Crippen molar-refractivity contribution in [3.05, 3.63) is 47.0 Å². The second-order valence-corrected chi connectivity index (χ2v) is 6.92. The van der Waals surface area contributed by atoms with Crippen LogP contribution in [0.25, 0.3) is 5.78 Å². The summed E-state index contributed by atoms with van der Waals surface area (Å²) in [6.45, 7) is 5.49. The van der Waals surface area contributed by atoms with E-state index in [0.29, 0.717) is 42.8 Å². The summed E-state index contributed by atoms with van der Waals surface area (Å²) in [4.78, 5) is 23.6. The van der Waals surface area contributed by atoms with Crippen LogP contribution >= 0.6 is 0 Å². The standard InChI is InChI=1S/C20H23N5O3/c1-13-10-14(2)25-20(21-13)22-17(23-25)11-18(26)24-8-5-9-28-19-15(12-24)6-4-7-16(19)27-3/h4,6-7,10H,5,8-9,11-12H2,1-3H3. The van der Waals surface area contributed by atoms with Crippen LogP contribution in [0, 0.1) is 13.8 Å². The zero-order valence-electron chi connectivity index (χ0n) is 16.3. The Morgan fingerprint density at radius 3 is 2.96 bits per heavy atom. The highest BCUT2D eigenvalue weighted by Gasteiger charge is 2.22. The molecule has 8 heteroatoms. The molecule has 0 aliphatic carbocycles. The van der Waals surface area contributed by atoms with Gasteiger partial charge < -0.3 is 14.4 Å². The molecule has 146 valence electrons. The molecule has 0 atom stereocenters. The second kappa shape index (κ2) is 7.46. The predicted octanol–water partition coefficient (Wildman–Crippen LogP) is 2.10. The first-order chi connectivity index (χ1) is 13.5. The van der Waals surface area contributed by atoms with Crippen LogP contribution in [0.15, 0.2) is 24.3 Å². The number of para-hydroxylation sites is 1. The quantitative estimate of drug-likeness (QED) is 0.691. The van der Waals surface area contributed by atoms with Gasteiger partial charge in [-0.25, -0.2) is 9.50 Å². The second-order valence-electron chi connectivity index (χ2n) is 6.92. The zero-order chi connectivity index (χ0) is 19.7. The van der Waals surface area contributed by atoms with E-state index >= 15 is 0 Å². The number of methoxy groups -OCH3 is 1. The number of rotatable bonds is 3. The molecule has 4 rings (SSSR count). The van der Waals surface area contributed by atoms with Crippen molar-refractivity contribution < 1.29 is 14.3 Å². The molecule has 1 aliphatic heterocycles. The minimum absolute atomic E-state index is 0.0130. The normalized spacial score (nSPS) is 14.2. The summed E-state index contributed by atoms with van der Waals surface area (Å²) in [6.07, 6.45) is 0.893. The fourth-order valence-electron chi connectivity index (χ4n) is 3.47. The Labute approximate surface area is 163 Å². The Bertz CT molecular complexity index is 1030. The van der Waals surface area contributed by atoms with Gasteiger partial charge in [-0.05, 0) is 32.4 Å². The molecular formula is C20H23N5O3. The first-order valence-electron chi connectivity index (χ1n) is 9.31. The van der Waals surface area contributed by atoms with E-state index in [1.807, 2.05) is 43.0 Å². The molecule has 0 N–H and O–H groups in total. The SMILES string of the molecule is COc1cccc2c1OCCCN(C(=O)Cc1nc3nc(C)cc(C)n3n1)C2. The van der Waals surface area contributed by atoms with E-state index in [1.165, 1.54) is 0 Å². The summed E-state index contributed by atoms with van der Waals surface area (Å²) in [5.74, 6) is 2.39. The van der Waals surface area contributed by atoms with Crippen LogP contribution in [0.5, 0.6) is 11.5 Å². The molecule has 0 radical (unpaired) electrons. The number of ether oxygens (including phenoxy) is 2. The van der Waals surface area contributed by atoms with Crippen LogP contribution in [-0.2, 0) is 17.8 Å². The lowest BCUT2D eigenvalue weighted by atomic mass is 10.1. The number of hydrogen-bond acceptors (Lipinski definition) is 6. The van der Waals surface area contributed by atoms with Crippen molar-refractivity contribution in [1.29, 1.82) is 0 Å². The van der Waals surface area contributed by atoms with Crippen molar-refractivity contribution in [3.8, 4) is 11.5 Å². The Kier molecular flexibility index (Phi) is 4.85. The third kappa shape index (κ3) is 3.49. The van der Waals surface area contributed by atoms with E-state index in [9.17, 15) is 4.79 Å². The smallest absolute Gasteiger partial charge is 0.252 e. The lowest BCUT2D eigenvalue weighted by Crippen LogP contribution is -2.35. The van der Waals surface area contributed by atoms with Gasteiger partial charge in [-0.2, -0.15) is 4.98 Å². The summed E-state index contributed by atoms with van der Waals surface area (Å²) in [5, 5.41) is 4.45. The van der Waals surface area contributed by atoms with E-state index in [0.717, 1.165) is 23.4 Å². The van der Waals surface area contributed by atoms with Gasteiger partial charge in [0, 0.05) is 30.0 Å². The van der Waals surface area contributed by atoms with Gasteiger partial charge in [0.25, 0.3) is 5.78 Å². The summed E-state index contributed by atoms with van der Waals surface area (Å²) in [7, 11) is 1.62. The van der Waals surface area contributed by atoms with Gasteiger partial charge in [-0.1, -0.05) is 12.1 Å². The number of fused-ring (bicyclic) bond motifs is 2. The number of benzene rings is 1.